The number of carboxylic acid groups (broad SMARTS) is 1. The Balaban J connectivity index is 2.17. The summed E-state index contributed by atoms with van der Waals surface area (Å²) in [6, 6.07) is 3.41. The third kappa shape index (κ3) is 2.00. The van der Waals surface area contributed by atoms with E-state index in [0.717, 1.165) is 29.3 Å². The molecule has 5 nitrogen and oxygen atoms in total. The summed E-state index contributed by atoms with van der Waals surface area (Å²) >= 11 is 3.57. The van der Waals surface area contributed by atoms with Crippen LogP contribution >= 0.6 is 15.9 Å². The van der Waals surface area contributed by atoms with Crippen LogP contribution in [0.3, 0.4) is 0 Å². The first kappa shape index (κ1) is 13.2. The molecule has 1 aliphatic rings. The average Bonchev–Trinajstić information content (AvgIpc) is 3.07. The van der Waals surface area contributed by atoms with Crippen LogP contribution < -0.4 is 4.74 Å². The molecule has 1 heterocycles. The summed E-state index contributed by atoms with van der Waals surface area (Å²) in [5.41, 5.74) is 3.10. The van der Waals surface area contributed by atoms with Crippen molar-refractivity contribution >= 4 is 21.9 Å². The molecule has 2 aromatic rings. The van der Waals surface area contributed by atoms with E-state index >= 15 is 0 Å². The molecule has 6 heteroatoms. The number of carboxylic acids is 1. The van der Waals surface area contributed by atoms with Crippen molar-refractivity contribution in [3.8, 4) is 17.1 Å². The monoisotopic (exact) mass is 337 g/mol. The van der Waals surface area contributed by atoms with Gasteiger partial charge >= 0.3 is 5.97 Å². The number of ether oxygens (including phenoxy) is 1. The van der Waals surface area contributed by atoms with Gasteiger partial charge in [-0.1, -0.05) is 5.16 Å². The zero-order chi connectivity index (χ0) is 14.3. The van der Waals surface area contributed by atoms with Gasteiger partial charge in [-0.2, -0.15) is 0 Å². The molecule has 0 saturated carbocycles. The second kappa shape index (κ2) is 4.94. The number of aromatic nitrogens is 1. The van der Waals surface area contributed by atoms with E-state index < -0.39 is 5.97 Å². The van der Waals surface area contributed by atoms with Gasteiger partial charge in [-0.3, -0.25) is 0 Å². The molecule has 0 atom stereocenters. The second-order valence-corrected chi connectivity index (χ2v) is 5.44. The normalized spacial score (nSPS) is 13.3. The van der Waals surface area contributed by atoms with Crippen molar-refractivity contribution in [2.24, 2.45) is 0 Å². The molecule has 0 spiro atoms. The van der Waals surface area contributed by atoms with Crippen molar-refractivity contribution in [1.29, 1.82) is 0 Å². The Hall–Kier alpha value is -1.82. The number of fused-ring (bicyclic) bond motifs is 1. The zero-order valence-electron chi connectivity index (χ0n) is 10.8. The van der Waals surface area contributed by atoms with Crippen molar-refractivity contribution in [1.82, 2.24) is 5.16 Å². The summed E-state index contributed by atoms with van der Waals surface area (Å²) < 4.78 is 11.5. The standard InChI is InChI=1S/C14H12BrNO4/c1-19-13-9(11-6-10(14(17)18)16-20-11)5-7-3-2-4-8(7)12(13)15/h5-6H,2-4H2,1H3,(H,17,18). The lowest BCUT2D eigenvalue weighted by Crippen LogP contribution is -1.95. The van der Waals surface area contributed by atoms with Gasteiger partial charge < -0.3 is 14.4 Å². The van der Waals surface area contributed by atoms with Crippen molar-refractivity contribution in [3.05, 3.63) is 33.4 Å². The van der Waals surface area contributed by atoms with Crippen molar-refractivity contribution in [2.75, 3.05) is 7.11 Å². The Labute approximate surface area is 123 Å². The highest BCUT2D eigenvalue weighted by atomic mass is 79.9. The Morgan fingerprint density at radius 1 is 1.45 bits per heavy atom. The summed E-state index contributed by atoms with van der Waals surface area (Å²) in [6.45, 7) is 0. The van der Waals surface area contributed by atoms with Gasteiger partial charge in [0.25, 0.3) is 0 Å². The number of aryl methyl sites for hydroxylation is 1. The number of rotatable bonds is 3. The van der Waals surface area contributed by atoms with Crippen LogP contribution in [0.15, 0.2) is 21.1 Å². The summed E-state index contributed by atoms with van der Waals surface area (Å²) in [5.74, 6) is -0.0624. The van der Waals surface area contributed by atoms with Crippen LogP contribution in [-0.4, -0.2) is 23.3 Å². The minimum Gasteiger partial charge on any atom is -0.495 e. The number of hydrogen-bond acceptors (Lipinski definition) is 4. The molecule has 0 unspecified atom stereocenters. The number of carbonyl (C=O) groups is 1. The number of hydrogen-bond donors (Lipinski definition) is 1. The van der Waals surface area contributed by atoms with Crippen LogP contribution in [0.1, 0.15) is 28.0 Å². The van der Waals surface area contributed by atoms with E-state index in [0.29, 0.717) is 11.5 Å². The fourth-order valence-electron chi connectivity index (χ4n) is 2.56. The fourth-order valence-corrected chi connectivity index (χ4v) is 3.39. The van der Waals surface area contributed by atoms with E-state index in [-0.39, 0.29) is 5.69 Å². The first-order valence-electron chi connectivity index (χ1n) is 6.20. The molecule has 0 saturated heterocycles. The highest BCUT2D eigenvalue weighted by molar-refractivity contribution is 9.10. The topological polar surface area (TPSA) is 72.6 Å². The Morgan fingerprint density at radius 2 is 2.25 bits per heavy atom. The molecule has 104 valence electrons. The highest BCUT2D eigenvalue weighted by Crippen LogP contribution is 2.43. The van der Waals surface area contributed by atoms with E-state index in [9.17, 15) is 4.79 Å². The SMILES string of the molecule is COc1c(-c2cc(C(=O)O)no2)cc2c(c1Br)CCC2. The minimum absolute atomic E-state index is 0.112. The lowest BCUT2D eigenvalue weighted by atomic mass is 10.0. The molecular formula is C14H12BrNO4. The van der Waals surface area contributed by atoms with Gasteiger partial charge in [0.05, 0.1) is 17.1 Å². The Bertz CT molecular complexity index is 693. The Morgan fingerprint density at radius 3 is 2.90 bits per heavy atom. The van der Waals surface area contributed by atoms with Crippen molar-refractivity contribution in [2.45, 2.75) is 19.3 Å². The predicted molar refractivity (Wildman–Crippen MR) is 75.2 cm³/mol. The number of methoxy groups -OCH3 is 1. The maximum Gasteiger partial charge on any atom is 0.358 e. The maximum absolute atomic E-state index is 10.9. The summed E-state index contributed by atoms with van der Waals surface area (Å²) in [6.07, 6.45) is 3.13. The number of halogens is 1. The molecule has 1 N–H and O–H groups in total. The Kier molecular flexibility index (Phi) is 3.25. The van der Waals surface area contributed by atoms with Crippen molar-refractivity contribution in [3.63, 3.8) is 0 Å². The molecule has 1 aromatic heterocycles. The first-order valence-corrected chi connectivity index (χ1v) is 6.99. The average molecular weight is 338 g/mol. The highest BCUT2D eigenvalue weighted by Gasteiger charge is 2.24. The van der Waals surface area contributed by atoms with Crippen LogP contribution in [0.5, 0.6) is 5.75 Å². The summed E-state index contributed by atoms with van der Waals surface area (Å²) in [5, 5.41) is 12.5. The molecule has 1 aliphatic carbocycles. The summed E-state index contributed by atoms with van der Waals surface area (Å²) in [7, 11) is 1.58. The molecule has 3 rings (SSSR count). The van der Waals surface area contributed by atoms with E-state index in [1.54, 1.807) is 7.11 Å². The predicted octanol–water partition coefficient (Wildman–Crippen LogP) is 3.30. The maximum atomic E-state index is 10.9. The number of nitrogens with zero attached hydrogens (tertiary/aromatic N) is 1. The van der Waals surface area contributed by atoms with Crippen LogP contribution in [0.2, 0.25) is 0 Å². The van der Waals surface area contributed by atoms with E-state index in [1.165, 1.54) is 17.2 Å². The number of aromatic carboxylic acids is 1. The van der Waals surface area contributed by atoms with Crippen LogP contribution in [-0.2, 0) is 12.8 Å². The first-order chi connectivity index (χ1) is 9.61. The third-order valence-electron chi connectivity index (χ3n) is 3.49. The molecule has 0 bridgehead atoms. The van der Waals surface area contributed by atoms with Gasteiger partial charge in [0, 0.05) is 6.07 Å². The van der Waals surface area contributed by atoms with E-state index in [4.69, 9.17) is 14.4 Å². The second-order valence-electron chi connectivity index (χ2n) is 4.64. The molecule has 0 radical (unpaired) electrons. The van der Waals surface area contributed by atoms with Crippen molar-refractivity contribution < 1.29 is 19.2 Å². The molecule has 0 amide bonds. The van der Waals surface area contributed by atoms with Crippen LogP contribution in [0, 0.1) is 0 Å². The van der Waals surface area contributed by atoms with Crippen LogP contribution in [0.25, 0.3) is 11.3 Å². The minimum atomic E-state index is -1.11. The molecular weight excluding hydrogens is 326 g/mol. The van der Waals surface area contributed by atoms with E-state index in [1.807, 2.05) is 6.07 Å². The van der Waals surface area contributed by atoms with Crippen LogP contribution in [0.4, 0.5) is 0 Å². The quantitative estimate of drug-likeness (QED) is 0.930. The zero-order valence-corrected chi connectivity index (χ0v) is 12.4. The van der Waals surface area contributed by atoms with E-state index in [2.05, 4.69) is 21.1 Å². The van der Waals surface area contributed by atoms with Gasteiger partial charge in [0.1, 0.15) is 5.75 Å². The van der Waals surface area contributed by atoms with Gasteiger partial charge in [-0.25, -0.2) is 4.79 Å². The van der Waals surface area contributed by atoms with Gasteiger partial charge in [0.15, 0.2) is 11.5 Å². The van der Waals surface area contributed by atoms with Gasteiger partial charge in [-0.15, -0.1) is 0 Å². The summed E-state index contributed by atoms with van der Waals surface area (Å²) in [4.78, 5) is 10.9. The molecule has 0 fully saturated rings. The number of benzene rings is 1. The molecule has 0 aliphatic heterocycles. The largest absolute Gasteiger partial charge is 0.495 e. The lowest BCUT2D eigenvalue weighted by molar-refractivity contribution is 0.0686. The van der Waals surface area contributed by atoms with Gasteiger partial charge in [-0.05, 0) is 52.4 Å². The molecule has 1 aromatic carbocycles. The smallest absolute Gasteiger partial charge is 0.358 e. The lowest BCUT2D eigenvalue weighted by Gasteiger charge is -2.12. The third-order valence-corrected chi connectivity index (χ3v) is 4.33. The molecule has 20 heavy (non-hydrogen) atoms. The van der Waals surface area contributed by atoms with Gasteiger partial charge in [0.2, 0.25) is 0 Å². The fraction of sp³-hybridized carbons (Fsp3) is 0.286.